The number of nitrogens with zero attached hydrogens (tertiary/aromatic N) is 2. The van der Waals surface area contributed by atoms with Crippen molar-refractivity contribution >= 4 is 0 Å². The van der Waals surface area contributed by atoms with Crippen LogP contribution in [0.4, 0.5) is 0 Å². The van der Waals surface area contributed by atoms with Crippen LogP contribution in [0.3, 0.4) is 0 Å². The van der Waals surface area contributed by atoms with E-state index in [0.29, 0.717) is 22.8 Å². The van der Waals surface area contributed by atoms with Gasteiger partial charge in [0.2, 0.25) is 0 Å². The Balaban J connectivity index is 2.31. The summed E-state index contributed by atoms with van der Waals surface area (Å²) in [5, 5.41) is 3.44. The Morgan fingerprint density at radius 1 is 1.31 bits per heavy atom. The van der Waals surface area contributed by atoms with E-state index in [-0.39, 0.29) is 0 Å². The number of hydrogen-bond donors (Lipinski definition) is 1. The third kappa shape index (κ3) is 1.34. The van der Waals surface area contributed by atoms with Gasteiger partial charge in [-0.05, 0) is 23.8 Å². The fourth-order valence-corrected chi connectivity index (χ4v) is 3.20. The van der Waals surface area contributed by atoms with E-state index in [9.17, 15) is 0 Å². The molecule has 0 bridgehead atoms. The van der Waals surface area contributed by atoms with E-state index in [0.717, 1.165) is 5.82 Å². The van der Waals surface area contributed by atoms with E-state index < -0.39 is 0 Å². The summed E-state index contributed by atoms with van der Waals surface area (Å²) in [6, 6.07) is 0.352. The van der Waals surface area contributed by atoms with Crippen molar-refractivity contribution < 1.29 is 0 Å². The molecule has 1 aromatic heterocycles. The zero-order valence-corrected chi connectivity index (χ0v) is 11.2. The van der Waals surface area contributed by atoms with Crippen LogP contribution in [0.25, 0.3) is 0 Å². The van der Waals surface area contributed by atoms with Gasteiger partial charge in [0.1, 0.15) is 5.82 Å². The molecule has 0 saturated heterocycles. The molecule has 1 N–H and O–H groups in total. The Morgan fingerprint density at radius 2 is 1.88 bits per heavy atom. The molecular weight excluding hydrogens is 198 g/mol. The molecule has 0 spiro atoms. The highest BCUT2D eigenvalue weighted by Gasteiger charge is 2.67. The lowest BCUT2D eigenvalue weighted by Gasteiger charge is -2.18. The van der Waals surface area contributed by atoms with Crippen LogP contribution in [0.1, 0.15) is 39.6 Å². The second-order valence-electron chi connectivity index (χ2n) is 6.08. The molecule has 1 fully saturated rings. The number of nitrogens with one attached hydrogen (secondary N) is 1. The van der Waals surface area contributed by atoms with Gasteiger partial charge < -0.3 is 9.88 Å². The van der Waals surface area contributed by atoms with E-state index >= 15 is 0 Å². The van der Waals surface area contributed by atoms with E-state index in [4.69, 9.17) is 0 Å². The monoisotopic (exact) mass is 221 g/mol. The molecule has 16 heavy (non-hydrogen) atoms. The Hall–Kier alpha value is -0.830. The van der Waals surface area contributed by atoms with Gasteiger partial charge >= 0.3 is 0 Å². The van der Waals surface area contributed by atoms with Gasteiger partial charge in [-0.3, -0.25) is 0 Å². The molecule has 2 rings (SSSR count). The number of rotatable bonds is 3. The predicted octanol–water partition coefficient (Wildman–Crippen LogP) is 2.36. The minimum absolute atomic E-state index is 0.352. The van der Waals surface area contributed by atoms with E-state index in [2.05, 4.69) is 49.6 Å². The molecule has 1 saturated carbocycles. The predicted molar refractivity (Wildman–Crippen MR) is 66.1 cm³/mol. The highest BCUT2D eigenvalue weighted by Crippen LogP contribution is 2.72. The van der Waals surface area contributed by atoms with Crippen molar-refractivity contribution in [2.45, 2.75) is 33.7 Å². The lowest BCUT2D eigenvalue weighted by Crippen LogP contribution is -2.24. The molecule has 3 nitrogen and oxygen atoms in total. The largest absolute Gasteiger partial charge is 0.337 e. The standard InChI is InChI=1S/C13H23N3/c1-12(2)10(13(12,3)4)9(14-5)11-15-7-8-16(11)6/h7-10,14H,1-6H3. The highest BCUT2D eigenvalue weighted by atomic mass is 15.1. The fraction of sp³-hybridized carbons (Fsp3) is 0.769. The third-order valence-electron chi connectivity index (χ3n) is 4.91. The SMILES string of the molecule is CNC(c1nccn1C)C1C(C)(C)C1(C)C. The summed E-state index contributed by atoms with van der Waals surface area (Å²) in [5.74, 6) is 1.79. The van der Waals surface area contributed by atoms with Crippen LogP contribution in [-0.4, -0.2) is 16.6 Å². The Labute approximate surface area is 98.3 Å². The van der Waals surface area contributed by atoms with Gasteiger partial charge in [-0.1, -0.05) is 27.7 Å². The van der Waals surface area contributed by atoms with Crippen LogP contribution in [0.15, 0.2) is 12.4 Å². The maximum absolute atomic E-state index is 4.48. The molecule has 1 aromatic rings. The zero-order chi connectivity index (χ0) is 12.1. The summed E-state index contributed by atoms with van der Waals surface area (Å²) in [4.78, 5) is 4.48. The summed E-state index contributed by atoms with van der Waals surface area (Å²) in [6.45, 7) is 9.41. The summed E-state index contributed by atoms with van der Waals surface area (Å²) >= 11 is 0. The Bertz CT molecular complexity index is 376. The second-order valence-corrected chi connectivity index (χ2v) is 6.08. The first-order chi connectivity index (χ1) is 7.34. The van der Waals surface area contributed by atoms with Crippen LogP contribution in [-0.2, 0) is 7.05 Å². The molecule has 1 atom stereocenters. The van der Waals surface area contributed by atoms with Crippen LogP contribution < -0.4 is 5.32 Å². The van der Waals surface area contributed by atoms with Gasteiger partial charge in [-0.15, -0.1) is 0 Å². The lowest BCUT2D eigenvalue weighted by molar-refractivity contribution is 0.410. The van der Waals surface area contributed by atoms with E-state index in [1.54, 1.807) is 0 Å². The molecule has 0 aromatic carbocycles. The lowest BCUT2D eigenvalue weighted by atomic mass is 10.0. The zero-order valence-electron chi connectivity index (χ0n) is 11.2. The average Bonchev–Trinajstić information content (AvgIpc) is 2.54. The molecule has 90 valence electrons. The van der Waals surface area contributed by atoms with Gasteiger partial charge in [-0.2, -0.15) is 0 Å². The molecule has 1 heterocycles. The van der Waals surface area contributed by atoms with Crippen LogP contribution in [0.2, 0.25) is 0 Å². The van der Waals surface area contributed by atoms with Crippen LogP contribution in [0, 0.1) is 16.7 Å². The molecule has 0 aliphatic heterocycles. The smallest absolute Gasteiger partial charge is 0.125 e. The number of aromatic nitrogens is 2. The second kappa shape index (κ2) is 3.33. The minimum atomic E-state index is 0.352. The first kappa shape index (κ1) is 11.6. The van der Waals surface area contributed by atoms with E-state index in [1.165, 1.54) is 0 Å². The minimum Gasteiger partial charge on any atom is -0.337 e. The van der Waals surface area contributed by atoms with Crippen molar-refractivity contribution in [2.75, 3.05) is 7.05 Å². The van der Waals surface area contributed by atoms with Gasteiger partial charge in [0.15, 0.2) is 0 Å². The van der Waals surface area contributed by atoms with Crippen molar-refractivity contribution in [2.24, 2.45) is 23.8 Å². The van der Waals surface area contributed by atoms with Gasteiger partial charge in [0, 0.05) is 19.4 Å². The van der Waals surface area contributed by atoms with Crippen LogP contribution >= 0.6 is 0 Å². The number of imidazole rings is 1. The van der Waals surface area contributed by atoms with Crippen molar-refractivity contribution in [3.63, 3.8) is 0 Å². The topological polar surface area (TPSA) is 29.9 Å². The molecule has 1 aliphatic carbocycles. The van der Waals surface area contributed by atoms with Crippen molar-refractivity contribution in [3.8, 4) is 0 Å². The first-order valence-corrected chi connectivity index (χ1v) is 5.98. The highest BCUT2D eigenvalue weighted by molar-refractivity contribution is 5.20. The maximum Gasteiger partial charge on any atom is 0.125 e. The Morgan fingerprint density at radius 3 is 2.19 bits per heavy atom. The summed E-state index contributed by atoms with van der Waals surface area (Å²) in [5.41, 5.74) is 0.763. The van der Waals surface area contributed by atoms with Crippen molar-refractivity contribution in [1.82, 2.24) is 14.9 Å². The maximum atomic E-state index is 4.48. The van der Waals surface area contributed by atoms with Gasteiger partial charge in [-0.25, -0.2) is 4.98 Å². The molecule has 1 unspecified atom stereocenters. The van der Waals surface area contributed by atoms with Gasteiger partial charge in [0.25, 0.3) is 0 Å². The summed E-state index contributed by atoms with van der Waals surface area (Å²) < 4.78 is 2.12. The third-order valence-corrected chi connectivity index (χ3v) is 4.91. The number of hydrogen-bond acceptors (Lipinski definition) is 2. The Kier molecular flexibility index (Phi) is 2.42. The average molecular weight is 221 g/mol. The molecule has 0 amide bonds. The molecule has 0 radical (unpaired) electrons. The summed E-state index contributed by atoms with van der Waals surface area (Å²) in [7, 11) is 4.10. The first-order valence-electron chi connectivity index (χ1n) is 5.98. The van der Waals surface area contributed by atoms with Crippen LogP contribution in [0.5, 0.6) is 0 Å². The summed E-state index contributed by atoms with van der Waals surface area (Å²) in [6.07, 6.45) is 3.89. The normalized spacial score (nSPS) is 24.4. The molecule has 3 heteroatoms. The molecular formula is C13H23N3. The van der Waals surface area contributed by atoms with Gasteiger partial charge in [0.05, 0.1) is 6.04 Å². The van der Waals surface area contributed by atoms with E-state index in [1.807, 2.05) is 19.4 Å². The molecule has 1 aliphatic rings. The van der Waals surface area contributed by atoms with Crippen molar-refractivity contribution in [1.29, 1.82) is 0 Å². The fourth-order valence-electron chi connectivity index (χ4n) is 3.20. The number of aryl methyl sites for hydroxylation is 1. The quantitative estimate of drug-likeness (QED) is 0.849. The van der Waals surface area contributed by atoms with Crippen molar-refractivity contribution in [3.05, 3.63) is 18.2 Å².